The van der Waals surface area contributed by atoms with Crippen LogP contribution in [0.25, 0.3) is 10.9 Å². The molecule has 3 rings (SSSR count). The summed E-state index contributed by atoms with van der Waals surface area (Å²) in [6.07, 6.45) is 2.81. The number of hydrogen-bond donors (Lipinski definition) is 3. The summed E-state index contributed by atoms with van der Waals surface area (Å²) < 4.78 is 13.3. The molecule has 0 aliphatic carbocycles. The predicted octanol–water partition coefficient (Wildman–Crippen LogP) is 2.66. The monoisotopic (exact) mass is 516 g/mol. The highest BCUT2D eigenvalue weighted by molar-refractivity contribution is 14.0. The third-order valence-electron chi connectivity index (χ3n) is 5.68. The van der Waals surface area contributed by atoms with Gasteiger partial charge in [-0.15, -0.1) is 24.0 Å². The van der Waals surface area contributed by atoms with E-state index < -0.39 is 0 Å². The van der Waals surface area contributed by atoms with Crippen LogP contribution < -0.4 is 10.6 Å². The smallest absolute Gasteiger partial charge is 0.191 e. The zero-order valence-electron chi connectivity index (χ0n) is 17.7. The number of aromatic amines is 1. The molecule has 3 N–H and O–H groups in total. The van der Waals surface area contributed by atoms with Gasteiger partial charge in [0.25, 0.3) is 0 Å². The van der Waals surface area contributed by atoms with Gasteiger partial charge in [0.2, 0.25) is 0 Å². The highest BCUT2D eigenvalue weighted by atomic mass is 127. The minimum absolute atomic E-state index is 0. The molecular weight excluding hydrogens is 482 g/mol. The number of rotatable bonds is 7. The number of nitrogens with one attached hydrogen (secondary N) is 3. The van der Waals surface area contributed by atoms with Gasteiger partial charge in [0, 0.05) is 69.5 Å². The van der Waals surface area contributed by atoms with E-state index in [1.165, 1.54) is 17.7 Å². The molecule has 6 nitrogen and oxygen atoms in total. The molecule has 1 aliphatic heterocycles. The molecule has 0 radical (unpaired) electrons. The van der Waals surface area contributed by atoms with Crippen LogP contribution in [0.2, 0.25) is 0 Å². The SMILES string of the molecule is CCN1CCN(C(C)CNC(=NC)NCCc2c[nH]c3cc(F)ccc23)CC1.I. The average molecular weight is 516 g/mol. The van der Waals surface area contributed by atoms with E-state index in [4.69, 9.17) is 0 Å². The molecule has 1 saturated heterocycles. The summed E-state index contributed by atoms with van der Waals surface area (Å²) in [5.41, 5.74) is 2.02. The standard InChI is InChI=1S/C21H33FN6.HI/c1-4-27-9-11-28(12-10-27)16(2)14-26-21(23-3)24-8-7-17-15-25-20-13-18(22)5-6-19(17)20;/h5-6,13,15-16,25H,4,7-12,14H2,1-3H3,(H2,23,24,26);1H. The fourth-order valence-corrected chi connectivity index (χ4v) is 3.80. The van der Waals surface area contributed by atoms with Crippen LogP contribution in [0.4, 0.5) is 4.39 Å². The molecule has 2 aromatic rings. The molecule has 29 heavy (non-hydrogen) atoms. The first kappa shape index (κ1) is 23.9. The maximum atomic E-state index is 13.3. The number of piperazine rings is 1. The quantitative estimate of drug-likeness (QED) is 0.301. The first-order valence-corrected chi connectivity index (χ1v) is 10.3. The Balaban J connectivity index is 0.00000300. The van der Waals surface area contributed by atoms with Gasteiger partial charge < -0.3 is 20.5 Å². The Kier molecular flexibility index (Phi) is 9.64. The van der Waals surface area contributed by atoms with E-state index in [0.717, 1.165) is 69.1 Å². The van der Waals surface area contributed by atoms with E-state index >= 15 is 0 Å². The first-order valence-electron chi connectivity index (χ1n) is 10.3. The number of guanidine groups is 1. The van der Waals surface area contributed by atoms with Crippen molar-refractivity contribution in [3.05, 3.63) is 35.8 Å². The van der Waals surface area contributed by atoms with Crippen molar-refractivity contribution in [2.75, 3.05) is 52.9 Å². The van der Waals surface area contributed by atoms with E-state index in [0.29, 0.717) is 6.04 Å². The summed E-state index contributed by atoms with van der Waals surface area (Å²) in [4.78, 5) is 12.5. The molecule has 1 aliphatic rings. The second kappa shape index (κ2) is 11.7. The van der Waals surface area contributed by atoms with Crippen LogP contribution in [0.1, 0.15) is 19.4 Å². The van der Waals surface area contributed by atoms with Crippen LogP contribution in [0.5, 0.6) is 0 Å². The Morgan fingerprint density at radius 3 is 2.69 bits per heavy atom. The molecule has 1 atom stereocenters. The number of fused-ring (bicyclic) bond motifs is 1. The van der Waals surface area contributed by atoms with Gasteiger partial charge in [-0.05, 0) is 43.7 Å². The normalized spacial score (nSPS) is 17.2. The number of aliphatic imine (C=N–C) groups is 1. The Bertz CT molecular complexity index is 785. The second-order valence-electron chi connectivity index (χ2n) is 7.45. The van der Waals surface area contributed by atoms with E-state index in [-0.39, 0.29) is 29.8 Å². The van der Waals surface area contributed by atoms with Gasteiger partial charge in [-0.2, -0.15) is 0 Å². The van der Waals surface area contributed by atoms with Crippen LogP contribution in [0.15, 0.2) is 29.4 Å². The summed E-state index contributed by atoms with van der Waals surface area (Å²) in [6, 6.07) is 5.36. The van der Waals surface area contributed by atoms with Crippen LogP contribution >= 0.6 is 24.0 Å². The Labute approximate surface area is 190 Å². The maximum absolute atomic E-state index is 13.3. The highest BCUT2D eigenvalue weighted by Gasteiger charge is 2.20. The van der Waals surface area contributed by atoms with Crippen molar-refractivity contribution in [2.45, 2.75) is 26.3 Å². The van der Waals surface area contributed by atoms with E-state index in [9.17, 15) is 4.39 Å². The van der Waals surface area contributed by atoms with E-state index in [1.54, 1.807) is 7.05 Å². The van der Waals surface area contributed by atoms with Crippen LogP contribution in [0, 0.1) is 5.82 Å². The lowest BCUT2D eigenvalue weighted by Crippen LogP contribution is -2.53. The Morgan fingerprint density at radius 1 is 1.24 bits per heavy atom. The number of H-pyrrole nitrogens is 1. The molecule has 1 aromatic carbocycles. The van der Waals surface area contributed by atoms with Crippen molar-refractivity contribution >= 4 is 40.8 Å². The lowest BCUT2D eigenvalue weighted by molar-refractivity contribution is 0.107. The summed E-state index contributed by atoms with van der Waals surface area (Å²) in [5, 5.41) is 7.90. The summed E-state index contributed by atoms with van der Waals surface area (Å²) in [6.45, 7) is 11.9. The Morgan fingerprint density at radius 2 is 2.00 bits per heavy atom. The Hall–Kier alpha value is -1.39. The summed E-state index contributed by atoms with van der Waals surface area (Å²) in [7, 11) is 1.80. The second-order valence-corrected chi connectivity index (χ2v) is 7.45. The van der Waals surface area contributed by atoms with Gasteiger partial charge in [0.1, 0.15) is 5.82 Å². The molecule has 1 fully saturated rings. The molecule has 2 heterocycles. The number of aromatic nitrogens is 1. The van der Waals surface area contributed by atoms with Crippen molar-refractivity contribution in [1.82, 2.24) is 25.4 Å². The molecule has 1 unspecified atom stereocenters. The fourth-order valence-electron chi connectivity index (χ4n) is 3.80. The van der Waals surface area contributed by atoms with Crippen molar-refractivity contribution < 1.29 is 4.39 Å². The molecule has 0 saturated carbocycles. The van der Waals surface area contributed by atoms with Crippen molar-refractivity contribution in [1.29, 1.82) is 0 Å². The summed E-state index contributed by atoms with van der Waals surface area (Å²) >= 11 is 0. The average Bonchev–Trinajstić information content (AvgIpc) is 3.12. The number of halogens is 2. The molecule has 162 valence electrons. The van der Waals surface area contributed by atoms with Gasteiger partial charge in [-0.3, -0.25) is 9.89 Å². The van der Waals surface area contributed by atoms with Crippen LogP contribution in [0.3, 0.4) is 0 Å². The molecule has 0 spiro atoms. The van der Waals surface area contributed by atoms with Gasteiger partial charge in [0.15, 0.2) is 5.96 Å². The zero-order valence-corrected chi connectivity index (χ0v) is 20.0. The molecule has 0 bridgehead atoms. The van der Waals surface area contributed by atoms with Crippen molar-refractivity contribution in [3.8, 4) is 0 Å². The minimum atomic E-state index is -0.214. The third-order valence-corrected chi connectivity index (χ3v) is 5.68. The number of likely N-dealkylation sites (N-methyl/N-ethyl adjacent to an activating group) is 1. The van der Waals surface area contributed by atoms with Crippen molar-refractivity contribution in [2.24, 2.45) is 4.99 Å². The number of hydrogen-bond acceptors (Lipinski definition) is 3. The zero-order chi connectivity index (χ0) is 19.9. The predicted molar refractivity (Wildman–Crippen MR) is 130 cm³/mol. The van der Waals surface area contributed by atoms with Gasteiger partial charge in [0.05, 0.1) is 0 Å². The lowest BCUT2D eigenvalue weighted by atomic mass is 10.1. The van der Waals surface area contributed by atoms with E-state index in [2.05, 4.69) is 44.3 Å². The van der Waals surface area contributed by atoms with Gasteiger partial charge in [-0.1, -0.05) is 6.92 Å². The summed E-state index contributed by atoms with van der Waals surface area (Å²) in [5.74, 6) is 0.610. The molecule has 8 heteroatoms. The maximum Gasteiger partial charge on any atom is 0.191 e. The first-order chi connectivity index (χ1) is 13.6. The topological polar surface area (TPSA) is 58.7 Å². The third kappa shape index (κ3) is 6.55. The number of nitrogens with zero attached hydrogens (tertiary/aromatic N) is 3. The van der Waals surface area contributed by atoms with Gasteiger partial charge >= 0.3 is 0 Å². The largest absolute Gasteiger partial charge is 0.361 e. The van der Waals surface area contributed by atoms with E-state index in [1.807, 2.05) is 12.3 Å². The lowest BCUT2D eigenvalue weighted by Gasteiger charge is -2.37. The van der Waals surface area contributed by atoms with Gasteiger partial charge in [-0.25, -0.2) is 4.39 Å². The molecule has 0 amide bonds. The molecule has 1 aromatic heterocycles. The molecular formula is C21H34FIN6. The minimum Gasteiger partial charge on any atom is -0.361 e. The van der Waals surface area contributed by atoms with Crippen LogP contribution in [-0.2, 0) is 6.42 Å². The highest BCUT2D eigenvalue weighted by Crippen LogP contribution is 2.19. The number of benzene rings is 1. The fraction of sp³-hybridized carbons (Fsp3) is 0.571. The van der Waals surface area contributed by atoms with Crippen LogP contribution in [-0.4, -0.2) is 79.6 Å². The van der Waals surface area contributed by atoms with Crippen molar-refractivity contribution in [3.63, 3.8) is 0 Å².